The van der Waals surface area contributed by atoms with Crippen molar-refractivity contribution in [2.45, 2.75) is 4.90 Å². The number of benzene rings is 3. The van der Waals surface area contributed by atoms with Gasteiger partial charge >= 0.3 is 0 Å². The molecule has 0 aromatic heterocycles. The third-order valence-electron chi connectivity index (χ3n) is 3.79. The zero-order valence-corrected chi connectivity index (χ0v) is 13.9. The fourth-order valence-corrected chi connectivity index (χ4v) is 3.19. The van der Waals surface area contributed by atoms with Crippen molar-refractivity contribution in [1.29, 1.82) is 0 Å². The smallest absolute Gasteiger partial charge is 0.175 e. The van der Waals surface area contributed by atoms with Crippen LogP contribution < -0.4 is 0 Å². The second kappa shape index (κ2) is 6.37. The lowest BCUT2D eigenvalue weighted by Gasteiger charge is -2.12. The summed E-state index contributed by atoms with van der Waals surface area (Å²) < 4.78 is 64.1. The Balaban J connectivity index is 2.20. The van der Waals surface area contributed by atoms with Crippen molar-refractivity contribution in [3.05, 3.63) is 78.1 Å². The summed E-state index contributed by atoms with van der Waals surface area (Å²) in [5.74, 6) is -2.58. The maximum atomic E-state index is 13.8. The fourth-order valence-electron chi connectivity index (χ4n) is 2.56. The molecule has 0 unspecified atom stereocenters. The molecule has 0 saturated carbocycles. The van der Waals surface area contributed by atoms with Gasteiger partial charge in [-0.3, -0.25) is 0 Å². The fraction of sp³-hybridized carbons (Fsp3) is 0.0526. The quantitative estimate of drug-likeness (QED) is 0.668. The lowest BCUT2D eigenvalue weighted by molar-refractivity contribution is 0.509. The van der Waals surface area contributed by atoms with Gasteiger partial charge in [0.05, 0.1) is 4.90 Å². The van der Waals surface area contributed by atoms with Crippen LogP contribution in [0.4, 0.5) is 13.2 Å². The predicted molar refractivity (Wildman–Crippen MR) is 90.3 cm³/mol. The minimum absolute atomic E-state index is 0.117. The van der Waals surface area contributed by atoms with E-state index in [2.05, 4.69) is 0 Å². The number of sulfone groups is 1. The van der Waals surface area contributed by atoms with Gasteiger partial charge in [-0.25, -0.2) is 21.6 Å². The van der Waals surface area contributed by atoms with Crippen LogP contribution in [0.3, 0.4) is 0 Å². The molecule has 25 heavy (non-hydrogen) atoms. The lowest BCUT2D eigenvalue weighted by Crippen LogP contribution is -1.97. The van der Waals surface area contributed by atoms with E-state index < -0.39 is 27.3 Å². The molecule has 0 fully saturated rings. The molecule has 6 heteroatoms. The van der Waals surface area contributed by atoms with Gasteiger partial charge in [-0.05, 0) is 58.7 Å². The van der Waals surface area contributed by atoms with Crippen molar-refractivity contribution in [2.75, 3.05) is 6.26 Å². The molecule has 0 heterocycles. The molecule has 0 bridgehead atoms. The minimum atomic E-state index is -3.37. The van der Waals surface area contributed by atoms with Gasteiger partial charge in [0.15, 0.2) is 21.5 Å². The van der Waals surface area contributed by atoms with E-state index in [4.69, 9.17) is 0 Å². The van der Waals surface area contributed by atoms with Gasteiger partial charge in [0.1, 0.15) is 5.82 Å². The molecule has 0 N–H and O–H groups in total. The van der Waals surface area contributed by atoms with Gasteiger partial charge in [0, 0.05) is 6.26 Å². The van der Waals surface area contributed by atoms with E-state index in [1.807, 2.05) is 0 Å². The first kappa shape index (κ1) is 17.2. The van der Waals surface area contributed by atoms with Crippen molar-refractivity contribution < 1.29 is 21.6 Å². The molecule has 128 valence electrons. The van der Waals surface area contributed by atoms with Gasteiger partial charge in [0.25, 0.3) is 0 Å². The van der Waals surface area contributed by atoms with E-state index in [9.17, 15) is 21.6 Å². The van der Waals surface area contributed by atoms with Crippen molar-refractivity contribution in [1.82, 2.24) is 0 Å². The van der Waals surface area contributed by atoms with Crippen LogP contribution in [-0.4, -0.2) is 14.7 Å². The molecule has 3 aromatic rings. The Labute approximate surface area is 143 Å². The SMILES string of the molecule is CS(=O)(=O)c1ccc(-c2cc(F)c(F)cc2-c2cccc(F)c2)cc1. The van der Waals surface area contributed by atoms with Crippen LogP contribution in [-0.2, 0) is 9.84 Å². The Bertz CT molecular complexity index is 1040. The first-order valence-electron chi connectivity index (χ1n) is 7.31. The van der Waals surface area contributed by atoms with Crippen LogP contribution in [0.5, 0.6) is 0 Å². The molecule has 0 radical (unpaired) electrons. The highest BCUT2D eigenvalue weighted by atomic mass is 32.2. The largest absolute Gasteiger partial charge is 0.224 e. The summed E-state index contributed by atoms with van der Waals surface area (Å²) >= 11 is 0. The molecular weight excluding hydrogens is 349 g/mol. The molecule has 0 spiro atoms. The second-order valence-electron chi connectivity index (χ2n) is 5.62. The van der Waals surface area contributed by atoms with Crippen molar-refractivity contribution in [2.24, 2.45) is 0 Å². The molecule has 0 aliphatic carbocycles. The lowest BCUT2D eigenvalue weighted by atomic mass is 9.94. The summed E-state index contributed by atoms with van der Waals surface area (Å²) in [5.41, 5.74) is 1.53. The molecule has 0 atom stereocenters. The highest BCUT2D eigenvalue weighted by Crippen LogP contribution is 2.34. The molecule has 0 aliphatic heterocycles. The Morgan fingerprint density at radius 1 is 0.720 bits per heavy atom. The van der Waals surface area contributed by atoms with Crippen LogP contribution in [0.25, 0.3) is 22.3 Å². The van der Waals surface area contributed by atoms with Crippen LogP contribution in [0.1, 0.15) is 0 Å². The Kier molecular flexibility index (Phi) is 4.39. The first-order chi connectivity index (χ1) is 11.8. The standard InChI is InChI=1S/C19H13F3O2S/c1-25(23,24)15-7-5-12(6-8-15)16-10-18(21)19(22)11-17(16)13-3-2-4-14(20)9-13/h2-11H,1H3. The number of halogens is 3. The van der Waals surface area contributed by atoms with Gasteiger partial charge in [-0.2, -0.15) is 0 Å². The summed E-state index contributed by atoms with van der Waals surface area (Å²) in [7, 11) is -3.37. The summed E-state index contributed by atoms with van der Waals surface area (Å²) in [4.78, 5) is 0.117. The Hall–Kier alpha value is -2.60. The number of hydrogen-bond acceptors (Lipinski definition) is 2. The first-order valence-corrected chi connectivity index (χ1v) is 9.20. The van der Waals surface area contributed by atoms with Crippen LogP contribution >= 0.6 is 0 Å². The molecule has 0 amide bonds. The summed E-state index contributed by atoms with van der Waals surface area (Å²) in [6, 6.07) is 13.4. The minimum Gasteiger partial charge on any atom is -0.224 e. The van der Waals surface area contributed by atoms with E-state index in [0.29, 0.717) is 22.3 Å². The molecule has 3 aromatic carbocycles. The molecule has 3 rings (SSSR count). The molecule has 0 saturated heterocycles. The normalized spacial score (nSPS) is 11.5. The topological polar surface area (TPSA) is 34.1 Å². The van der Waals surface area contributed by atoms with Crippen molar-refractivity contribution in [3.8, 4) is 22.3 Å². The molecule has 2 nitrogen and oxygen atoms in total. The summed E-state index contributed by atoms with van der Waals surface area (Å²) in [6.07, 6.45) is 1.08. The van der Waals surface area contributed by atoms with E-state index in [0.717, 1.165) is 18.4 Å². The highest BCUT2D eigenvalue weighted by Gasteiger charge is 2.15. The highest BCUT2D eigenvalue weighted by molar-refractivity contribution is 7.90. The van der Waals surface area contributed by atoms with E-state index in [-0.39, 0.29) is 4.90 Å². The average molecular weight is 362 g/mol. The summed E-state index contributed by atoms with van der Waals surface area (Å²) in [5, 5.41) is 0. The predicted octanol–water partition coefficient (Wildman–Crippen LogP) is 4.84. The maximum Gasteiger partial charge on any atom is 0.175 e. The third kappa shape index (κ3) is 3.58. The number of hydrogen-bond donors (Lipinski definition) is 0. The van der Waals surface area contributed by atoms with E-state index in [1.54, 1.807) is 6.07 Å². The zero-order valence-electron chi connectivity index (χ0n) is 13.1. The monoisotopic (exact) mass is 362 g/mol. The third-order valence-corrected chi connectivity index (χ3v) is 4.92. The van der Waals surface area contributed by atoms with Gasteiger partial charge in [0.2, 0.25) is 0 Å². The van der Waals surface area contributed by atoms with Gasteiger partial charge < -0.3 is 0 Å². The van der Waals surface area contributed by atoms with Crippen molar-refractivity contribution >= 4 is 9.84 Å². The van der Waals surface area contributed by atoms with E-state index in [1.165, 1.54) is 42.5 Å². The molecular formula is C19H13F3O2S. The van der Waals surface area contributed by atoms with Crippen LogP contribution in [0, 0.1) is 17.5 Å². The second-order valence-corrected chi connectivity index (χ2v) is 7.63. The van der Waals surface area contributed by atoms with Crippen molar-refractivity contribution in [3.63, 3.8) is 0 Å². The van der Waals surface area contributed by atoms with E-state index >= 15 is 0 Å². The number of rotatable bonds is 3. The average Bonchev–Trinajstić information content (AvgIpc) is 2.56. The summed E-state index contributed by atoms with van der Waals surface area (Å²) in [6.45, 7) is 0. The molecule has 0 aliphatic rings. The Morgan fingerprint density at radius 2 is 1.28 bits per heavy atom. The Morgan fingerprint density at radius 3 is 1.80 bits per heavy atom. The zero-order chi connectivity index (χ0) is 18.2. The van der Waals surface area contributed by atoms with Crippen LogP contribution in [0.2, 0.25) is 0 Å². The van der Waals surface area contributed by atoms with Crippen LogP contribution in [0.15, 0.2) is 65.6 Å². The van der Waals surface area contributed by atoms with Gasteiger partial charge in [-0.15, -0.1) is 0 Å². The van der Waals surface area contributed by atoms with Gasteiger partial charge in [-0.1, -0.05) is 24.3 Å². The maximum absolute atomic E-state index is 13.8.